The van der Waals surface area contributed by atoms with Crippen molar-refractivity contribution in [2.75, 3.05) is 13.2 Å². The van der Waals surface area contributed by atoms with Gasteiger partial charge in [0.15, 0.2) is 0 Å². The van der Waals surface area contributed by atoms with E-state index in [9.17, 15) is 9.59 Å². The Balaban J connectivity index is 2.26. The Kier molecular flexibility index (Phi) is 6.33. The van der Waals surface area contributed by atoms with Crippen LogP contribution in [-0.2, 0) is 19.1 Å². The Morgan fingerprint density at radius 3 is 2.46 bits per heavy atom. The summed E-state index contributed by atoms with van der Waals surface area (Å²) >= 11 is 0. The molecule has 2 fully saturated rings. The van der Waals surface area contributed by atoms with Crippen LogP contribution in [0.15, 0.2) is 0 Å². The second kappa shape index (κ2) is 7.88. The highest BCUT2D eigenvalue weighted by Crippen LogP contribution is 2.61. The van der Waals surface area contributed by atoms with E-state index in [4.69, 9.17) is 9.47 Å². The van der Waals surface area contributed by atoms with Crippen molar-refractivity contribution in [1.29, 1.82) is 0 Å². The molecular weight excluding hydrogens is 304 g/mol. The quantitative estimate of drug-likeness (QED) is 0.641. The van der Waals surface area contributed by atoms with Gasteiger partial charge in [0, 0.05) is 5.41 Å². The van der Waals surface area contributed by atoms with E-state index in [1.54, 1.807) is 0 Å². The fourth-order valence-electron chi connectivity index (χ4n) is 4.96. The van der Waals surface area contributed by atoms with Crippen molar-refractivity contribution < 1.29 is 19.1 Å². The lowest BCUT2D eigenvalue weighted by atomic mass is 9.52. The molecule has 1 saturated carbocycles. The summed E-state index contributed by atoms with van der Waals surface area (Å²) in [4.78, 5) is 25.8. The van der Waals surface area contributed by atoms with Crippen LogP contribution in [0.25, 0.3) is 0 Å². The van der Waals surface area contributed by atoms with Gasteiger partial charge < -0.3 is 9.47 Å². The average molecular weight is 338 g/mol. The third-order valence-electron chi connectivity index (χ3n) is 6.95. The van der Waals surface area contributed by atoms with Crippen molar-refractivity contribution in [2.24, 2.45) is 22.7 Å². The largest absolute Gasteiger partial charge is 0.465 e. The third-order valence-corrected chi connectivity index (χ3v) is 6.95. The summed E-state index contributed by atoms with van der Waals surface area (Å²) in [6.07, 6.45) is 7.25. The molecule has 4 heteroatoms. The van der Waals surface area contributed by atoms with E-state index < -0.39 is 5.41 Å². The lowest BCUT2D eigenvalue weighted by molar-refractivity contribution is -0.171. The number of hydrogen-bond donors (Lipinski definition) is 0. The summed E-state index contributed by atoms with van der Waals surface area (Å²) in [5.41, 5.74) is -0.886. The zero-order valence-corrected chi connectivity index (χ0v) is 15.9. The van der Waals surface area contributed by atoms with Gasteiger partial charge in [0.05, 0.1) is 24.5 Å². The van der Waals surface area contributed by atoms with Crippen LogP contribution < -0.4 is 0 Å². The first-order valence-corrected chi connectivity index (χ1v) is 9.85. The molecule has 1 spiro atoms. The molecule has 0 amide bonds. The fourth-order valence-corrected chi connectivity index (χ4v) is 4.96. The molecule has 1 aliphatic carbocycles. The highest BCUT2D eigenvalue weighted by Gasteiger charge is 2.66. The topological polar surface area (TPSA) is 52.6 Å². The normalized spacial score (nSPS) is 29.0. The molecule has 138 valence electrons. The average Bonchev–Trinajstić information content (AvgIpc) is 2.89. The first-order chi connectivity index (χ1) is 11.5. The molecule has 2 aliphatic rings. The molecule has 0 aromatic heterocycles. The minimum atomic E-state index is -0.667. The van der Waals surface area contributed by atoms with Crippen molar-refractivity contribution >= 4 is 11.9 Å². The maximum Gasteiger partial charge on any atom is 0.313 e. The molecule has 0 radical (unpaired) electrons. The van der Waals surface area contributed by atoms with Crippen LogP contribution in [0.5, 0.6) is 0 Å². The van der Waals surface area contributed by atoms with E-state index in [1.807, 2.05) is 0 Å². The first-order valence-electron chi connectivity index (χ1n) is 9.85. The summed E-state index contributed by atoms with van der Waals surface area (Å²) in [6, 6.07) is 0. The van der Waals surface area contributed by atoms with E-state index in [0.29, 0.717) is 19.1 Å². The Bertz CT molecular complexity index is 451. The molecule has 0 bridgehead atoms. The highest BCUT2D eigenvalue weighted by molar-refractivity contribution is 5.88. The zero-order chi connectivity index (χ0) is 17.8. The molecule has 2 atom stereocenters. The lowest BCUT2D eigenvalue weighted by Crippen LogP contribution is -2.52. The molecule has 2 unspecified atom stereocenters. The van der Waals surface area contributed by atoms with E-state index in [1.165, 1.54) is 0 Å². The maximum atomic E-state index is 12.9. The third kappa shape index (κ3) is 2.97. The molecule has 0 N–H and O–H groups in total. The van der Waals surface area contributed by atoms with Crippen LogP contribution in [0.4, 0.5) is 0 Å². The number of esters is 2. The van der Waals surface area contributed by atoms with Gasteiger partial charge in [-0.05, 0) is 31.6 Å². The SMILES string of the molecule is CCC(CC)COC(=O)C1CCCCC12C(=O)OCC2(CC)CC. The van der Waals surface area contributed by atoms with Crippen molar-refractivity contribution in [1.82, 2.24) is 0 Å². The van der Waals surface area contributed by atoms with Gasteiger partial charge in [0.2, 0.25) is 0 Å². The smallest absolute Gasteiger partial charge is 0.313 e. The molecule has 2 rings (SSSR count). The van der Waals surface area contributed by atoms with Crippen molar-refractivity contribution in [3.8, 4) is 0 Å². The Hall–Kier alpha value is -1.06. The highest BCUT2D eigenvalue weighted by atomic mass is 16.5. The molecule has 0 aromatic carbocycles. The molecule has 4 nitrogen and oxygen atoms in total. The summed E-state index contributed by atoms with van der Waals surface area (Å²) in [6.45, 7) is 9.41. The molecule has 1 saturated heterocycles. The van der Waals surface area contributed by atoms with Crippen molar-refractivity contribution in [2.45, 2.75) is 79.1 Å². The minimum Gasteiger partial charge on any atom is -0.465 e. The van der Waals surface area contributed by atoms with Crippen LogP contribution in [-0.4, -0.2) is 25.2 Å². The van der Waals surface area contributed by atoms with Crippen molar-refractivity contribution in [3.63, 3.8) is 0 Å². The van der Waals surface area contributed by atoms with Gasteiger partial charge in [-0.25, -0.2) is 0 Å². The molecule has 0 aromatic rings. The number of ether oxygens (including phenoxy) is 2. The summed E-state index contributed by atoms with van der Waals surface area (Å²) in [5, 5.41) is 0. The van der Waals surface area contributed by atoms with Gasteiger partial charge in [-0.15, -0.1) is 0 Å². The van der Waals surface area contributed by atoms with Crippen LogP contribution in [0.2, 0.25) is 0 Å². The molecule has 1 aliphatic heterocycles. The predicted octanol–water partition coefficient (Wildman–Crippen LogP) is 4.51. The number of carbonyl (C=O) groups excluding carboxylic acids is 2. The number of cyclic esters (lactones) is 1. The molecule has 1 heterocycles. The van der Waals surface area contributed by atoms with E-state index in [0.717, 1.165) is 51.4 Å². The van der Waals surface area contributed by atoms with E-state index in [-0.39, 0.29) is 23.3 Å². The van der Waals surface area contributed by atoms with Crippen LogP contribution in [0.3, 0.4) is 0 Å². The number of rotatable bonds is 7. The number of hydrogen-bond acceptors (Lipinski definition) is 4. The van der Waals surface area contributed by atoms with Gasteiger partial charge in [-0.3, -0.25) is 9.59 Å². The number of carbonyl (C=O) groups is 2. The summed E-state index contributed by atoms with van der Waals surface area (Å²) in [5.74, 6) is -0.260. The molecular formula is C20H34O4. The minimum absolute atomic E-state index is 0.157. The lowest BCUT2D eigenvalue weighted by Gasteiger charge is -2.47. The monoisotopic (exact) mass is 338 g/mol. The maximum absolute atomic E-state index is 12.9. The zero-order valence-electron chi connectivity index (χ0n) is 15.9. The predicted molar refractivity (Wildman–Crippen MR) is 93.4 cm³/mol. The van der Waals surface area contributed by atoms with E-state index >= 15 is 0 Å². The fraction of sp³-hybridized carbons (Fsp3) is 0.900. The second-order valence-electron chi connectivity index (χ2n) is 7.65. The standard InChI is InChI=1S/C20H34O4/c1-5-15(6-2)13-23-17(21)16-11-9-10-12-20(16)18(22)24-14-19(20,7-3)8-4/h15-16H,5-14H2,1-4H3. The van der Waals surface area contributed by atoms with Gasteiger partial charge in [-0.1, -0.05) is 53.4 Å². The van der Waals surface area contributed by atoms with Gasteiger partial charge in [0.25, 0.3) is 0 Å². The van der Waals surface area contributed by atoms with Crippen LogP contribution >= 0.6 is 0 Å². The Morgan fingerprint density at radius 1 is 1.21 bits per heavy atom. The first kappa shape index (κ1) is 19.3. The Labute approximate surface area is 146 Å². The van der Waals surface area contributed by atoms with Crippen LogP contribution in [0.1, 0.15) is 79.1 Å². The van der Waals surface area contributed by atoms with Crippen molar-refractivity contribution in [3.05, 3.63) is 0 Å². The summed E-state index contributed by atoms with van der Waals surface area (Å²) in [7, 11) is 0. The van der Waals surface area contributed by atoms with Gasteiger partial charge >= 0.3 is 11.9 Å². The summed E-state index contributed by atoms with van der Waals surface area (Å²) < 4.78 is 11.2. The van der Waals surface area contributed by atoms with Gasteiger partial charge in [-0.2, -0.15) is 0 Å². The molecule has 24 heavy (non-hydrogen) atoms. The second-order valence-corrected chi connectivity index (χ2v) is 7.65. The van der Waals surface area contributed by atoms with Crippen LogP contribution in [0, 0.1) is 22.7 Å². The van der Waals surface area contributed by atoms with Gasteiger partial charge in [0.1, 0.15) is 0 Å². The van der Waals surface area contributed by atoms with E-state index in [2.05, 4.69) is 27.7 Å². The Morgan fingerprint density at radius 2 is 1.88 bits per heavy atom.